The van der Waals surface area contributed by atoms with Crippen LogP contribution in [0.5, 0.6) is 0 Å². The Kier molecular flexibility index (Phi) is 7.56. The highest BCUT2D eigenvalue weighted by Gasteiger charge is 2.36. The van der Waals surface area contributed by atoms with Crippen molar-refractivity contribution in [2.24, 2.45) is 0 Å². The molecule has 256 valence electrons. The second-order valence-electron chi connectivity index (χ2n) is 15.0. The molecule has 0 spiro atoms. The van der Waals surface area contributed by atoms with Gasteiger partial charge in [-0.1, -0.05) is 172 Å². The van der Waals surface area contributed by atoms with Gasteiger partial charge in [-0.15, -0.1) is 0 Å². The number of benzene rings is 9. The molecule has 0 saturated heterocycles. The summed E-state index contributed by atoms with van der Waals surface area (Å²) in [6.45, 7) is 4.72. The van der Waals surface area contributed by atoms with Gasteiger partial charge < -0.3 is 4.90 Å². The summed E-state index contributed by atoms with van der Waals surface area (Å²) >= 11 is 0. The van der Waals surface area contributed by atoms with Crippen molar-refractivity contribution < 1.29 is 0 Å². The maximum Gasteiger partial charge on any atom is 0.0546 e. The third kappa shape index (κ3) is 5.40. The molecule has 9 aromatic rings. The Morgan fingerprint density at radius 3 is 1.52 bits per heavy atom. The molecule has 1 nitrogen and oxygen atoms in total. The second kappa shape index (κ2) is 12.8. The second-order valence-corrected chi connectivity index (χ2v) is 15.0. The Hall–Kier alpha value is -6.70. The molecule has 0 atom stereocenters. The molecule has 54 heavy (non-hydrogen) atoms. The first-order valence-electron chi connectivity index (χ1n) is 18.8. The van der Waals surface area contributed by atoms with E-state index in [0.29, 0.717) is 0 Å². The lowest BCUT2D eigenvalue weighted by molar-refractivity contribution is 0.660. The fraction of sp³-hybridized carbons (Fsp3) is 0.0566. The van der Waals surface area contributed by atoms with Crippen molar-refractivity contribution in [3.63, 3.8) is 0 Å². The van der Waals surface area contributed by atoms with Crippen molar-refractivity contribution in [1.82, 2.24) is 0 Å². The minimum Gasteiger partial charge on any atom is -0.310 e. The summed E-state index contributed by atoms with van der Waals surface area (Å²) in [6.07, 6.45) is 0. The number of hydrogen-bond acceptors (Lipinski definition) is 1. The maximum atomic E-state index is 2.47. The monoisotopic (exact) mass is 689 g/mol. The van der Waals surface area contributed by atoms with Gasteiger partial charge in [0.05, 0.1) is 5.69 Å². The molecular formula is C53H39N. The van der Waals surface area contributed by atoms with Crippen LogP contribution in [0.25, 0.3) is 66.1 Å². The number of nitrogens with zero attached hydrogens (tertiary/aromatic N) is 1. The molecule has 0 fully saturated rings. The van der Waals surface area contributed by atoms with Gasteiger partial charge in [0.25, 0.3) is 0 Å². The summed E-state index contributed by atoms with van der Waals surface area (Å²) in [5.41, 5.74) is 15.8. The molecule has 0 radical (unpaired) electrons. The quantitative estimate of drug-likeness (QED) is 0.168. The van der Waals surface area contributed by atoms with Crippen LogP contribution in [0.2, 0.25) is 0 Å². The summed E-state index contributed by atoms with van der Waals surface area (Å²) in [5, 5.41) is 4.99. The molecule has 0 saturated carbocycles. The van der Waals surface area contributed by atoms with Gasteiger partial charge >= 0.3 is 0 Å². The van der Waals surface area contributed by atoms with Gasteiger partial charge in [-0.05, 0) is 114 Å². The first kappa shape index (κ1) is 32.0. The number of rotatable bonds is 6. The van der Waals surface area contributed by atoms with E-state index in [0.717, 1.165) is 17.1 Å². The van der Waals surface area contributed by atoms with Crippen molar-refractivity contribution in [2.45, 2.75) is 19.3 Å². The van der Waals surface area contributed by atoms with Crippen molar-refractivity contribution in [3.8, 4) is 44.5 Å². The average molecular weight is 690 g/mol. The number of hydrogen-bond donors (Lipinski definition) is 0. The van der Waals surface area contributed by atoms with Crippen LogP contribution < -0.4 is 4.90 Å². The lowest BCUT2D eigenvalue weighted by atomic mass is 9.82. The van der Waals surface area contributed by atoms with Crippen LogP contribution in [0.4, 0.5) is 17.1 Å². The molecule has 1 aliphatic rings. The van der Waals surface area contributed by atoms with Crippen molar-refractivity contribution >= 4 is 38.6 Å². The lowest BCUT2D eigenvalue weighted by Crippen LogP contribution is -2.17. The zero-order valence-corrected chi connectivity index (χ0v) is 30.5. The lowest BCUT2D eigenvalue weighted by Gasteiger charge is -2.30. The minimum atomic E-state index is -0.122. The van der Waals surface area contributed by atoms with Crippen LogP contribution in [-0.2, 0) is 5.41 Å². The first-order valence-corrected chi connectivity index (χ1v) is 18.8. The number of fused-ring (bicyclic) bond motifs is 5. The minimum absolute atomic E-state index is 0.122. The van der Waals surface area contributed by atoms with E-state index >= 15 is 0 Å². The SMILES string of the molecule is CC1(C)c2ccccc2-c2ccc(N(c3ccc(-c4ccc5ccccc5c4)cc3)c3cc(-c4ccc5ccccc5c4)ccc3-c3ccccc3)cc21. The summed E-state index contributed by atoms with van der Waals surface area (Å²) in [5.74, 6) is 0. The Balaban J connectivity index is 1.18. The predicted octanol–water partition coefficient (Wildman–Crippen LogP) is 14.8. The fourth-order valence-electron chi connectivity index (χ4n) is 8.56. The zero-order chi connectivity index (χ0) is 36.2. The van der Waals surface area contributed by atoms with E-state index in [1.807, 2.05) is 0 Å². The smallest absolute Gasteiger partial charge is 0.0546 e. The summed E-state index contributed by atoms with van der Waals surface area (Å²) in [6, 6.07) is 73.6. The topological polar surface area (TPSA) is 3.24 Å². The number of anilines is 3. The molecule has 0 unspecified atom stereocenters. The molecule has 0 heterocycles. The van der Waals surface area contributed by atoms with Crippen molar-refractivity contribution in [3.05, 3.63) is 211 Å². The van der Waals surface area contributed by atoms with E-state index in [-0.39, 0.29) is 5.41 Å². The standard InChI is InChI=1S/C53H39N/c1-53(2)50-19-11-10-18-48(50)49-31-29-46(35-51(49)53)54(45-27-24-38(25-28-45)42-22-20-36-12-6-8-16-40(36)32-42)52-34-44(26-30-47(52)39-14-4-3-5-15-39)43-23-21-37-13-7-9-17-41(37)33-43/h3-35H,1-2H3. The van der Waals surface area contributed by atoms with E-state index in [2.05, 4.69) is 219 Å². The molecule has 1 heteroatoms. The highest BCUT2D eigenvalue weighted by molar-refractivity contribution is 5.95. The zero-order valence-electron chi connectivity index (χ0n) is 30.5. The van der Waals surface area contributed by atoms with Crippen LogP contribution >= 0.6 is 0 Å². The van der Waals surface area contributed by atoms with Gasteiger partial charge in [0.15, 0.2) is 0 Å². The molecule has 0 bridgehead atoms. The van der Waals surface area contributed by atoms with Crippen LogP contribution in [0.15, 0.2) is 200 Å². The Labute approximate surface area is 317 Å². The Bertz CT molecular complexity index is 2850. The van der Waals surface area contributed by atoms with Gasteiger partial charge in [-0.3, -0.25) is 0 Å². The molecular weight excluding hydrogens is 651 g/mol. The maximum absolute atomic E-state index is 2.47. The Morgan fingerprint density at radius 1 is 0.315 bits per heavy atom. The summed E-state index contributed by atoms with van der Waals surface area (Å²) < 4.78 is 0. The average Bonchev–Trinajstić information content (AvgIpc) is 3.46. The first-order chi connectivity index (χ1) is 26.5. The third-order valence-corrected chi connectivity index (χ3v) is 11.4. The van der Waals surface area contributed by atoms with E-state index in [1.165, 1.54) is 77.2 Å². The van der Waals surface area contributed by atoms with Gasteiger partial charge in [-0.2, -0.15) is 0 Å². The molecule has 0 aliphatic heterocycles. The normalized spacial score (nSPS) is 12.8. The van der Waals surface area contributed by atoms with Gasteiger partial charge in [0.1, 0.15) is 0 Å². The molecule has 9 aromatic carbocycles. The van der Waals surface area contributed by atoms with Gasteiger partial charge in [-0.25, -0.2) is 0 Å². The third-order valence-electron chi connectivity index (χ3n) is 11.4. The molecule has 0 aromatic heterocycles. The van der Waals surface area contributed by atoms with Crippen LogP contribution in [-0.4, -0.2) is 0 Å². The van der Waals surface area contributed by atoms with Gasteiger partial charge in [0.2, 0.25) is 0 Å². The largest absolute Gasteiger partial charge is 0.310 e. The van der Waals surface area contributed by atoms with E-state index in [4.69, 9.17) is 0 Å². The highest BCUT2D eigenvalue weighted by Crippen LogP contribution is 2.51. The Morgan fingerprint density at radius 2 is 0.815 bits per heavy atom. The summed E-state index contributed by atoms with van der Waals surface area (Å²) in [7, 11) is 0. The van der Waals surface area contributed by atoms with Crippen LogP contribution in [0.3, 0.4) is 0 Å². The molecule has 0 N–H and O–H groups in total. The molecule has 0 amide bonds. The fourth-order valence-corrected chi connectivity index (χ4v) is 8.56. The van der Waals surface area contributed by atoms with Crippen molar-refractivity contribution in [1.29, 1.82) is 0 Å². The molecule has 10 rings (SSSR count). The van der Waals surface area contributed by atoms with E-state index in [9.17, 15) is 0 Å². The van der Waals surface area contributed by atoms with E-state index < -0.39 is 0 Å². The molecule has 1 aliphatic carbocycles. The van der Waals surface area contributed by atoms with E-state index in [1.54, 1.807) is 0 Å². The predicted molar refractivity (Wildman–Crippen MR) is 230 cm³/mol. The van der Waals surface area contributed by atoms with Crippen molar-refractivity contribution in [2.75, 3.05) is 4.90 Å². The highest BCUT2D eigenvalue weighted by atomic mass is 15.1. The van der Waals surface area contributed by atoms with Crippen LogP contribution in [0, 0.1) is 0 Å². The van der Waals surface area contributed by atoms with Gasteiger partial charge in [0, 0.05) is 22.4 Å². The summed E-state index contributed by atoms with van der Waals surface area (Å²) in [4.78, 5) is 2.47. The van der Waals surface area contributed by atoms with Crippen LogP contribution in [0.1, 0.15) is 25.0 Å².